The predicted molar refractivity (Wildman–Crippen MR) is 116 cm³/mol. The SMILES string of the molecule is O=C(c1cc(-c2ccc(F)cc2)c[nH]1)N1CCC[C@@H](n2cnc3ccccc3c2=O)C1. The lowest BCUT2D eigenvalue weighted by molar-refractivity contribution is 0.0672. The Bertz CT molecular complexity index is 1310. The van der Waals surface area contributed by atoms with Gasteiger partial charge >= 0.3 is 0 Å². The molecule has 3 heterocycles. The van der Waals surface area contributed by atoms with Crippen LogP contribution in [-0.4, -0.2) is 38.4 Å². The number of piperidine rings is 1. The van der Waals surface area contributed by atoms with Crippen molar-refractivity contribution in [3.8, 4) is 11.1 Å². The van der Waals surface area contributed by atoms with Gasteiger partial charge in [0.1, 0.15) is 11.5 Å². The van der Waals surface area contributed by atoms with Gasteiger partial charge in [-0.2, -0.15) is 0 Å². The summed E-state index contributed by atoms with van der Waals surface area (Å²) < 4.78 is 14.8. The van der Waals surface area contributed by atoms with Crippen molar-refractivity contribution in [1.82, 2.24) is 19.4 Å². The Labute approximate surface area is 178 Å². The van der Waals surface area contributed by atoms with Crippen molar-refractivity contribution in [2.24, 2.45) is 0 Å². The fourth-order valence-corrected chi connectivity index (χ4v) is 4.21. The van der Waals surface area contributed by atoms with Gasteiger partial charge < -0.3 is 9.88 Å². The first-order chi connectivity index (χ1) is 15.1. The number of halogens is 1. The van der Waals surface area contributed by atoms with Crippen molar-refractivity contribution in [3.05, 3.63) is 89.0 Å². The maximum absolute atomic E-state index is 13.2. The molecule has 0 saturated carbocycles. The lowest BCUT2D eigenvalue weighted by Gasteiger charge is -2.33. The largest absolute Gasteiger partial charge is 0.357 e. The summed E-state index contributed by atoms with van der Waals surface area (Å²) in [5, 5.41) is 0.585. The fourth-order valence-electron chi connectivity index (χ4n) is 4.21. The number of likely N-dealkylation sites (tertiary alicyclic amines) is 1. The molecular weight excluding hydrogens is 395 g/mol. The number of para-hydroxylation sites is 1. The molecule has 0 aliphatic carbocycles. The first-order valence-electron chi connectivity index (χ1n) is 10.3. The maximum atomic E-state index is 13.2. The van der Waals surface area contributed by atoms with Crippen molar-refractivity contribution in [2.45, 2.75) is 18.9 Å². The summed E-state index contributed by atoms with van der Waals surface area (Å²) in [6.07, 6.45) is 4.96. The molecule has 2 aromatic heterocycles. The molecule has 1 aliphatic rings. The minimum absolute atomic E-state index is 0.0802. The van der Waals surface area contributed by atoms with Crippen LogP contribution in [0.15, 0.2) is 71.9 Å². The molecule has 1 N–H and O–H groups in total. The molecule has 5 rings (SSSR count). The topological polar surface area (TPSA) is 71.0 Å². The highest BCUT2D eigenvalue weighted by atomic mass is 19.1. The number of carbonyl (C=O) groups excluding carboxylic acids is 1. The van der Waals surface area contributed by atoms with Gasteiger partial charge in [-0.1, -0.05) is 24.3 Å². The third-order valence-corrected chi connectivity index (χ3v) is 5.86. The second-order valence-electron chi connectivity index (χ2n) is 7.83. The average molecular weight is 416 g/mol. The van der Waals surface area contributed by atoms with Gasteiger partial charge in [-0.15, -0.1) is 0 Å². The molecule has 1 fully saturated rings. The lowest BCUT2D eigenvalue weighted by atomic mass is 10.0. The van der Waals surface area contributed by atoms with E-state index in [-0.39, 0.29) is 23.3 Å². The summed E-state index contributed by atoms with van der Waals surface area (Å²) in [5.41, 5.74) is 2.73. The van der Waals surface area contributed by atoms with Crippen LogP contribution in [-0.2, 0) is 0 Å². The average Bonchev–Trinajstić information content (AvgIpc) is 3.30. The van der Waals surface area contributed by atoms with Crippen LogP contribution in [0.2, 0.25) is 0 Å². The zero-order valence-electron chi connectivity index (χ0n) is 16.8. The van der Waals surface area contributed by atoms with Crippen LogP contribution < -0.4 is 5.56 Å². The summed E-state index contributed by atoms with van der Waals surface area (Å²) >= 11 is 0. The highest BCUT2D eigenvalue weighted by molar-refractivity contribution is 5.94. The Kier molecular flexibility index (Phi) is 4.86. The minimum Gasteiger partial charge on any atom is -0.357 e. The van der Waals surface area contributed by atoms with Crippen LogP contribution in [0.3, 0.4) is 0 Å². The summed E-state index contributed by atoms with van der Waals surface area (Å²) in [6, 6.07) is 15.1. The van der Waals surface area contributed by atoms with Crippen LogP contribution in [0.25, 0.3) is 22.0 Å². The quantitative estimate of drug-likeness (QED) is 0.549. The van der Waals surface area contributed by atoms with Gasteiger partial charge in [-0.25, -0.2) is 9.37 Å². The second kappa shape index (κ2) is 7.83. The molecule has 0 unspecified atom stereocenters. The Hall–Kier alpha value is -3.74. The smallest absolute Gasteiger partial charge is 0.270 e. The van der Waals surface area contributed by atoms with E-state index < -0.39 is 0 Å². The Morgan fingerprint density at radius 3 is 2.74 bits per heavy atom. The third-order valence-electron chi connectivity index (χ3n) is 5.86. The molecule has 31 heavy (non-hydrogen) atoms. The van der Waals surface area contributed by atoms with Gasteiger partial charge in [0, 0.05) is 19.3 Å². The molecule has 0 spiro atoms. The van der Waals surface area contributed by atoms with E-state index in [1.54, 1.807) is 46.3 Å². The number of aromatic amines is 1. The van der Waals surface area contributed by atoms with E-state index in [4.69, 9.17) is 0 Å². The molecule has 1 saturated heterocycles. The van der Waals surface area contributed by atoms with E-state index in [1.165, 1.54) is 12.1 Å². The van der Waals surface area contributed by atoms with Crippen molar-refractivity contribution in [3.63, 3.8) is 0 Å². The van der Waals surface area contributed by atoms with Crippen LogP contribution in [0.1, 0.15) is 29.4 Å². The molecule has 0 radical (unpaired) electrons. The van der Waals surface area contributed by atoms with E-state index in [0.717, 1.165) is 24.0 Å². The number of hydrogen-bond donors (Lipinski definition) is 1. The monoisotopic (exact) mass is 416 g/mol. The summed E-state index contributed by atoms with van der Waals surface area (Å²) in [7, 11) is 0. The van der Waals surface area contributed by atoms with Crippen LogP contribution >= 0.6 is 0 Å². The molecule has 1 amide bonds. The summed E-state index contributed by atoms with van der Waals surface area (Å²) in [5.74, 6) is -0.409. The molecular formula is C24H21FN4O2. The maximum Gasteiger partial charge on any atom is 0.270 e. The number of rotatable bonds is 3. The van der Waals surface area contributed by atoms with E-state index in [0.29, 0.717) is 29.7 Å². The first-order valence-corrected chi connectivity index (χ1v) is 10.3. The number of amides is 1. The zero-order valence-corrected chi connectivity index (χ0v) is 16.8. The third kappa shape index (κ3) is 3.63. The zero-order chi connectivity index (χ0) is 21.4. The molecule has 1 atom stereocenters. The number of H-pyrrole nitrogens is 1. The fraction of sp³-hybridized carbons (Fsp3) is 0.208. The van der Waals surface area contributed by atoms with E-state index in [2.05, 4.69) is 9.97 Å². The molecule has 0 bridgehead atoms. The van der Waals surface area contributed by atoms with Crippen molar-refractivity contribution >= 4 is 16.8 Å². The number of nitrogens with one attached hydrogen (secondary N) is 1. The number of fused-ring (bicyclic) bond motifs is 1. The van der Waals surface area contributed by atoms with Gasteiger partial charge in [-0.05, 0) is 54.3 Å². The molecule has 7 heteroatoms. The number of benzene rings is 2. The Balaban J connectivity index is 1.37. The lowest BCUT2D eigenvalue weighted by Crippen LogP contribution is -2.43. The number of nitrogens with zero attached hydrogens (tertiary/aromatic N) is 3. The molecule has 156 valence electrons. The number of carbonyl (C=O) groups is 1. The van der Waals surface area contributed by atoms with Gasteiger partial charge in [0.05, 0.1) is 23.3 Å². The van der Waals surface area contributed by atoms with Gasteiger partial charge in [-0.3, -0.25) is 14.2 Å². The van der Waals surface area contributed by atoms with Gasteiger partial charge in [0.2, 0.25) is 0 Å². The predicted octanol–water partition coefficient (Wildman–Crippen LogP) is 4.01. The van der Waals surface area contributed by atoms with E-state index >= 15 is 0 Å². The van der Waals surface area contributed by atoms with Gasteiger partial charge in [0.15, 0.2) is 0 Å². The van der Waals surface area contributed by atoms with E-state index in [1.807, 2.05) is 18.2 Å². The number of hydrogen-bond acceptors (Lipinski definition) is 3. The Morgan fingerprint density at radius 2 is 1.90 bits per heavy atom. The van der Waals surface area contributed by atoms with Crippen LogP contribution in [0.4, 0.5) is 4.39 Å². The second-order valence-corrected chi connectivity index (χ2v) is 7.83. The summed E-state index contributed by atoms with van der Waals surface area (Å²) in [6.45, 7) is 1.08. The number of aromatic nitrogens is 3. The first kappa shape index (κ1) is 19.2. The molecule has 2 aromatic carbocycles. The van der Waals surface area contributed by atoms with Gasteiger partial charge in [0.25, 0.3) is 11.5 Å². The normalized spacial score (nSPS) is 16.5. The standard InChI is InChI=1S/C24H21FN4O2/c25-18-9-7-16(8-10-18)17-12-22(26-13-17)24(31)28-11-3-4-19(14-28)29-15-27-21-6-2-1-5-20(21)23(29)30/h1-2,5-10,12-13,15,19,26H,3-4,11,14H2/t19-/m1/s1. The molecule has 4 aromatic rings. The minimum atomic E-state index is -0.298. The molecule has 6 nitrogen and oxygen atoms in total. The van der Waals surface area contributed by atoms with Crippen molar-refractivity contribution in [1.29, 1.82) is 0 Å². The van der Waals surface area contributed by atoms with E-state index in [9.17, 15) is 14.0 Å². The van der Waals surface area contributed by atoms with Crippen molar-refractivity contribution in [2.75, 3.05) is 13.1 Å². The highest BCUT2D eigenvalue weighted by Gasteiger charge is 2.27. The van der Waals surface area contributed by atoms with Crippen molar-refractivity contribution < 1.29 is 9.18 Å². The Morgan fingerprint density at radius 1 is 1.10 bits per heavy atom. The molecule has 1 aliphatic heterocycles. The highest BCUT2D eigenvalue weighted by Crippen LogP contribution is 2.25. The summed E-state index contributed by atoms with van der Waals surface area (Å²) in [4.78, 5) is 35.3. The van der Waals surface area contributed by atoms with Crippen LogP contribution in [0, 0.1) is 5.82 Å². The van der Waals surface area contributed by atoms with Crippen LogP contribution in [0.5, 0.6) is 0 Å².